The molecule has 4 atom stereocenters. The van der Waals surface area contributed by atoms with Crippen molar-refractivity contribution >= 4 is 46.3 Å². The zero-order valence-electron chi connectivity index (χ0n) is 45.3. The second-order valence-electron chi connectivity index (χ2n) is 21.1. The number of nitrogens with zero attached hydrogens (tertiary/aromatic N) is 2. The van der Waals surface area contributed by atoms with Crippen LogP contribution in [0.25, 0.3) is 12.2 Å². The summed E-state index contributed by atoms with van der Waals surface area (Å²) in [5.74, 6) is 0. The summed E-state index contributed by atoms with van der Waals surface area (Å²) < 4.78 is 48.4. The average Bonchev–Trinajstić information content (AvgIpc) is 3.47. The topological polar surface area (TPSA) is 80.3 Å². The summed E-state index contributed by atoms with van der Waals surface area (Å²) in [6.07, 6.45) is 16.6. The van der Waals surface area contributed by atoms with Crippen LogP contribution in [0.3, 0.4) is 0 Å². The maximum Gasteiger partial charge on any atom is 0.158 e. The molecule has 4 heterocycles. The summed E-state index contributed by atoms with van der Waals surface area (Å²) in [4.78, 5) is 4.68. The van der Waals surface area contributed by atoms with Crippen molar-refractivity contribution in [3.8, 4) is 0 Å². The fraction of sp³-hybridized carbons (Fsp3) is 0.424. The molecule has 0 aliphatic carbocycles. The fourth-order valence-corrected chi connectivity index (χ4v) is 10.6. The van der Waals surface area contributed by atoms with Gasteiger partial charge in [0.25, 0.3) is 0 Å². The number of benzene rings is 6. The van der Waals surface area contributed by atoms with Crippen LogP contribution in [-0.2, 0) is 64.3 Å². The molecule has 0 amide bonds. The Balaban J connectivity index is 0.873. The van der Waals surface area contributed by atoms with Crippen molar-refractivity contribution in [1.82, 2.24) is 0 Å². The zero-order chi connectivity index (χ0) is 52.1. The van der Waals surface area contributed by atoms with Crippen LogP contribution in [0.5, 0.6) is 0 Å². The molecular weight excluding hydrogens is 949 g/mol. The second-order valence-corrected chi connectivity index (χ2v) is 21.1. The predicted octanol–water partition coefficient (Wildman–Crippen LogP) is 16.2. The van der Waals surface area contributed by atoms with E-state index < -0.39 is 0 Å². The third kappa shape index (κ3) is 14.3. The lowest BCUT2D eigenvalue weighted by Crippen LogP contribution is -2.22. The summed E-state index contributed by atoms with van der Waals surface area (Å²) in [5.41, 5.74) is 18.1. The molecule has 0 N–H and O–H groups in total. The summed E-state index contributed by atoms with van der Waals surface area (Å²) in [6, 6.07) is 44.4. The van der Waals surface area contributed by atoms with Gasteiger partial charge in [-0.15, -0.1) is 0 Å². The number of hydrogen-bond acceptors (Lipinski definition) is 10. The van der Waals surface area contributed by atoms with Crippen LogP contribution in [0.1, 0.15) is 133 Å². The van der Waals surface area contributed by atoms with Gasteiger partial charge in [-0.1, -0.05) is 60.7 Å². The molecule has 0 radical (unpaired) electrons. The van der Waals surface area contributed by atoms with Crippen LogP contribution < -0.4 is 9.80 Å². The van der Waals surface area contributed by atoms with E-state index in [-0.39, 0.29) is 25.2 Å². The van der Waals surface area contributed by atoms with Crippen molar-refractivity contribution in [3.63, 3.8) is 0 Å². The van der Waals surface area contributed by atoms with Crippen LogP contribution in [0.4, 0.5) is 34.1 Å². The van der Waals surface area contributed by atoms with Gasteiger partial charge in [-0.25, -0.2) is 0 Å². The fourth-order valence-electron chi connectivity index (χ4n) is 10.6. The van der Waals surface area contributed by atoms with E-state index in [0.717, 1.165) is 149 Å². The molecule has 4 aliphatic heterocycles. The molecule has 6 aromatic rings. The van der Waals surface area contributed by atoms with Gasteiger partial charge in [0.05, 0.1) is 26.4 Å². The van der Waals surface area contributed by atoms with E-state index in [9.17, 15) is 0 Å². The van der Waals surface area contributed by atoms with Gasteiger partial charge in [-0.3, -0.25) is 0 Å². The van der Waals surface area contributed by atoms with Crippen LogP contribution >= 0.6 is 0 Å². The van der Waals surface area contributed by atoms with Crippen LogP contribution in [0, 0.1) is 27.7 Å². The summed E-state index contributed by atoms with van der Waals surface area (Å²) in [7, 11) is 0. The van der Waals surface area contributed by atoms with Crippen molar-refractivity contribution in [1.29, 1.82) is 0 Å². The second kappa shape index (κ2) is 26.6. The van der Waals surface area contributed by atoms with Crippen LogP contribution in [0.2, 0.25) is 0 Å². The smallest absolute Gasteiger partial charge is 0.158 e. The summed E-state index contributed by atoms with van der Waals surface area (Å²) in [5, 5.41) is 0. The first kappa shape index (κ1) is 53.7. The SMILES string of the molecule is Cc1cc(N(c2ccc(C=Cc3ccc(N(c4ccc(COC5CCCCO5)c(C)c4)c4ccc(COC5CCCCO5)c(C)c4)cc3)cc2)c2ccc(COC3CCCCO3)c(C)c2)ccc1COC1CCCCO1. The average molecular weight is 1030 g/mol. The molecule has 10 heteroatoms. The Hall–Kier alpha value is -5.66. The zero-order valence-corrected chi connectivity index (χ0v) is 45.3. The highest BCUT2D eigenvalue weighted by Crippen LogP contribution is 2.39. The molecular formula is C66H78N2O8. The number of ether oxygens (including phenoxy) is 8. The number of rotatable bonds is 20. The summed E-state index contributed by atoms with van der Waals surface area (Å²) >= 11 is 0. The normalized spacial score (nSPS) is 20.2. The van der Waals surface area contributed by atoms with Crippen LogP contribution in [0.15, 0.2) is 121 Å². The highest BCUT2D eigenvalue weighted by molar-refractivity contribution is 5.81. The molecule has 0 bridgehead atoms. The standard InChI is InChI=1S/C66H78N2O8/c1-47-39-59(31-23-53(47)43-73-63-13-5-9-35-69-63)67(60-32-24-54(48(2)40-60)44-74-64-14-6-10-36-70-64)57-27-19-51(20-28-57)17-18-52-21-29-58(30-22-52)68(61-33-25-55(49(3)41-61)45-75-65-15-7-11-37-71-65)62-34-26-56(50(4)42-62)46-76-66-16-8-12-38-72-66/h17-34,39-42,63-66H,5-16,35-38,43-46H2,1-4H3. The predicted molar refractivity (Wildman–Crippen MR) is 304 cm³/mol. The van der Waals surface area contributed by atoms with E-state index in [1.165, 1.54) is 44.5 Å². The first-order chi connectivity index (χ1) is 37.3. The minimum Gasteiger partial charge on any atom is -0.353 e. The van der Waals surface area contributed by atoms with Gasteiger partial charge in [0.1, 0.15) is 0 Å². The molecule has 76 heavy (non-hydrogen) atoms. The Kier molecular flexibility index (Phi) is 18.8. The molecule has 0 spiro atoms. The molecule has 10 rings (SSSR count). The molecule has 0 aromatic heterocycles. The number of hydrogen-bond donors (Lipinski definition) is 0. The van der Waals surface area contributed by atoms with Gasteiger partial charge in [0.2, 0.25) is 0 Å². The quantitative estimate of drug-likeness (QED) is 0.0690. The van der Waals surface area contributed by atoms with E-state index in [2.05, 4.69) is 171 Å². The molecule has 4 fully saturated rings. The largest absolute Gasteiger partial charge is 0.353 e. The van der Waals surface area contributed by atoms with Gasteiger partial charge < -0.3 is 47.7 Å². The van der Waals surface area contributed by atoms with Crippen molar-refractivity contribution in [2.45, 2.75) is 156 Å². The Morgan fingerprint density at radius 1 is 0.342 bits per heavy atom. The lowest BCUT2D eigenvalue weighted by atomic mass is 10.0. The Bertz CT molecular complexity index is 2490. The molecule has 400 valence electrons. The molecule has 4 unspecified atom stereocenters. The lowest BCUT2D eigenvalue weighted by molar-refractivity contribution is -0.169. The van der Waals surface area contributed by atoms with Gasteiger partial charge in [-0.2, -0.15) is 0 Å². The van der Waals surface area contributed by atoms with E-state index in [1.807, 2.05) is 0 Å². The first-order valence-corrected chi connectivity index (χ1v) is 28.1. The third-order valence-electron chi connectivity index (χ3n) is 15.4. The summed E-state index contributed by atoms with van der Waals surface area (Å²) in [6.45, 7) is 13.9. The molecule has 6 aromatic carbocycles. The van der Waals surface area contributed by atoms with Gasteiger partial charge >= 0.3 is 0 Å². The number of aryl methyl sites for hydroxylation is 4. The highest BCUT2D eigenvalue weighted by atomic mass is 16.7. The molecule has 0 saturated carbocycles. The molecule has 10 nitrogen and oxygen atoms in total. The maximum atomic E-state index is 6.22. The Morgan fingerprint density at radius 2 is 0.592 bits per heavy atom. The highest BCUT2D eigenvalue weighted by Gasteiger charge is 2.22. The van der Waals surface area contributed by atoms with E-state index in [4.69, 9.17) is 37.9 Å². The Morgan fingerprint density at radius 3 is 0.816 bits per heavy atom. The van der Waals surface area contributed by atoms with Gasteiger partial charge in [-0.05, 0) is 233 Å². The minimum absolute atomic E-state index is 0.130. The monoisotopic (exact) mass is 1030 g/mol. The van der Waals surface area contributed by atoms with Crippen LogP contribution in [-0.4, -0.2) is 51.6 Å². The van der Waals surface area contributed by atoms with E-state index in [0.29, 0.717) is 26.4 Å². The molecule has 4 aliphatic rings. The van der Waals surface area contributed by atoms with Crippen molar-refractivity contribution in [3.05, 3.63) is 177 Å². The van der Waals surface area contributed by atoms with E-state index >= 15 is 0 Å². The first-order valence-electron chi connectivity index (χ1n) is 28.1. The number of anilines is 6. The van der Waals surface area contributed by atoms with Gasteiger partial charge in [0, 0.05) is 60.6 Å². The molecule has 4 saturated heterocycles. The van der Waals surface area contributed by atoms with Crippen molar-refractivity contribution in [2.24, 2.45) is 0 Å². The Labute approximate surface area is 451 Å². The van der Waals surface area contributed by atoms with E-state index in [1.54, 1.807) is 0 Å². The lowest BCUT2D eigenvalue weighted by Gasteiger charge is -2.28. The van der Waals surface area contributed by atoms with Gasteiger partial charge in [0.15, 0.2) is 25.2 Å². The van der Waals surface area contributed by atoms with Crippen molar-refractivity contribution < 1.29 is 37.9 Å². The minimum atomic E-state index is -0.130. The maximum absolute atomic E-state index is 6.22. The van der Waals surface area contributed by atoms with Crippen molar-refractivity contribution in [2.75, 3.05) is 36.2 Å². The third-order valence-corrected chi connectivity index (χ3v) is 15.4.